The first kappa shape index (κ1) is 13.2. The first-order chi connectivity index (χ1) is 8.20. The van der Waals surface area contributed by atoms with Gasteiger partial charge in [0, 0.05) is 22.6 Å². The minimum atomic E-state index is 0.679. The number of aryl methyl sites for hydroxylation is 1. The molecule has 0 unspecified atom stereocenters. The molecule has 0 aliphatic heterocycles. The van der Waals surface area contributed by atoms with E-state index >= 15 is 0 Å². The van der Waals surface area contributed by atoms with E-state index in [2.05, 4.69) is 5.32 Å². The van der Waals surface area contributed by atoms with Crippen LogP contribution in [0.5, 0.6) is 0 Å². The minimum absolute atomic E-state index is 0.679. The van der Waals surface area contributed by atoms with E-state index in [1.165, 1.54) is 12.8 Å². The second-order valence-electron chi connectivity index (χ2n) is 4.58. The van der Waals surface area contributed by atoms with Gasteiger partial charge >= 0.3 is 0 Å². The van der Waals surface area contributed by atoms with Gasteiger partial charge in [-0.1, -0.05) is 23.2 Å². The van der Waals surface area contributed by atoms with E-state index in [1.54, 1.807) is 0 Å². The quantitative estimate of drug-likeness (QED) is 0.835. The highest BCUT2D eigenvalue weighted by molar-refractivity contribution is 6.34. The maximum absolute atomic E-state index is 6.25. The van der Waals surface area contributed by atoms with Gasteiger partial charge in [0.2, 0.25) is 0 Å². The van der Waals surface area contributed by atoms with Gasteiger partial charge in [-0.2, -0.15) is 0 Å². The average molecular weight is 273 g/mol. The summed E-state index contributed by atoms with van der Waals surface area (Å²) in [6.07, 6.45) is 4.39. The van der Waals surface area contributed by atoms with Crippen molar-refractivity contribution in [3.05, 3.63) is 33.3 Å². The molecule has 1 aliphatic rings. The Morgan fingerprint density at radius 1 is 1.18 bits per heavy atom. The van der Waals surface area contributed by atoms with E-state index in [0.717, 1.165) is 40.6 Å². The molecule has 0 aromatic heterocycles. The topological polar surface area (TPSA) is 38.0 Å². The normalized spacial score (nSPS) is 15.2. The highest BCUT2D eigenvalue weighted by Gasteiger charge is 2.20. The Hall–Kier alpha value is -0.280. The zero-order valence-electron chi connectivity index (χ0n) is 9.81. The van der Waals surface area contributed by atoms with Crippen LogP contribution in [0.1, 0.15) is 30.4 Å². The Bertz CT molecular complexity index is 389. The maximum Gasteiger partial charge on any atom is 0.0454 e. The lowest BCUT2D eigenvalue weighted by Gasteiger charge is -2.10. The van der Waals surface area contributed by atoms with E-state index in [-0.39, 0.29) is 0 Å². The Balaban J connectivity index is 2.03. The van der Waals surface area contributed by atoms with Gasteiger partial charge in [0.05, 0.1) is 0 Å². The number of benzene rings is 1. The van der Waals surface area contributed by atoms with Crippen LogP contribution < -0.4 is 11.1 Å². The zero-order chi connectivity index (χ0) is 12.3. The Kier molecular flexibility index (Phi) is 4.69. The smallest absolute Gasteiger partial charge is 0.0454 e. The van der Waals surface area contributed by atoms with Crippen molar-refractivity contribution in [3.63, 3.8) is 0 Å². The summed E-state index contributed by atoms with van der Waals surface area (Å²) < 4.78 is 0. The minimum Gasteiger partial charge on any atom is -0.330 e. The first-order valence-electron chi connectivity index (χ1n) is 6.11. The summed E-state index contributed by atoms with van der Waals surface area (Å²) in [4.78, 5) is 0. The van der Waals surface area contributed by atoms with Crippen LogP contribution in [-0.4, -0.2) is 12.6 Å². The van der Waals surface area contributed by atoms with Crippen LogP contribution in [0, 0.1) is 0 Å². The van der Waals surface area contributed by atoms with Crippen molar-refractivity contribution in [1.29, 1.82) is 0 Å². The van der Waals surface area contributed by atoms with Crippen molar-refractivity contribution < 1.29 is 0 Å². The van der Waals surface area contributed by atoms with Gasteiger partial charge in [0.15, 0.2) is 0 Å². The summed E-state index contributed by atoms with van der Waals surface area (Å²) >= 11 is 12.5. The van der Waals surface area contributed by atoms with Gasteiger partial charge in [-0.3, -0.25) is 0 Å². The molecule has 0 bridgehead atoms. The van der Waals surface area contributed by atoms with Gasteiger partial charge in [0.25, 0.3) is 0 Å². The van der Waals surface area contributed by atoms with Gasteiger partial charge in [-0.15, -0.1) is 0 Å². The van der Waals surface area contributed by atoms with Crippen molar-refractivity contribution in [1.82, 2.24) is 5.32 Å². The van der Waals surface area contributed by atoms with Crippen LogP contribution in [-0.2, 0) is 13.0 Å². The van der Waals surface area contributed by atoms with E-state index in [9.17, 15) is 0 Å². The molecular weight excluding hydrogens is 255 g/mol. The van der Waals surface area contributed by atoms with Crippen molar-refractivity contribution >= 4 is 23.2 Å². The monoisotopic (exact) mass is 272 g/mol. The van der Waals surface area contributed by atoms with Crippen molar-refractivity contribution in [2.75, 3.05) is 6.54 Å². The standard InChI is InChI=1S/C13H18Cl2N2/c14-12-7-10(8-17-11-3-4-11)13(15)6-9(12)2-1-5-16/h6-7,11,17H,1-5,8,16H2. The average Bonchev–Trinajstić information content (AvgIpc) is 3.12. The Labute approximate surface area is 112 Å². The number of nitrogens with two attached hydrogens (primary N) is 1. The highest BCUT2D eigenvalue weighted by atomic mass is 35.5. The van der Waals surface area contributed by atoms with Crippen LogP contribution in [0.4, 0.5) is 0 Å². The van der Waals surface area contributed by atoms with E-state index < -0.39 is 0 Å². The van der Waals surface area contributed by atoms with E-state index in [0.29, 0.717) is 12.6 Å². The molecule has 2 rings (SSSR count). The molecule has 17 heavy (non-hydrogen) atoms. The molecule has 4 heteroatoms. The fraction of sp³-hybridized carbons (Fsp3) is 0.538. The fourth-order valence-electron chi connectivity index (χ4n) is 1.79. The number of hydrogen-bond acceptors (Lipinski definition) is 2. The largest absolute Gasteiger partial charge is 0.330 e. The molecule has 1 aromatic carbocycles. The number of nitrogens with one attached hydrogen (secondary N) is 1. The molecule has 2 nitrogen and oxygen atoms in total. The summed E-state index contributed by atoms with van der Waals surface area (Å²) in [6, 6.07) is 4.64. The predicted octanol–water partition coefficient (Wildman–Crippen LogP) is 3.14. The summed E-state index contributed by atoms with van der Waals surface area (Å²) in [5.74, 6) is 0. The van der Waals surface area contributed by atoms with Crippen LogP contribution in [0.25, 0.3) is 0 Å². The molecule has 0 saturated heterocycles. The first-order valence-corrected chi connectivity index (χ1v) is 6.86. The lowest BCUT2D eigenvalue weighted by Crippen LogP contribution is -2.15. The lowest BCUT2D eigenvalue weighted by molar-refractivity contribution is 0.687. The molecule has 0 radical (unpaired) electrons. The molecule has 0 amide bonds. The number of halogens is 2. The molecule has 1 aliphatic carbocycles. The van der Waals surface area contributed by atoms with E-state index in [1.807, 2.05) is 12.1 Å². The van der Waals surface area contributed by atoms with Crippen molar-refractivity contribution in [2.45, 2.75) is 38.3 Å². The summed E-state index contributed by atoms with van der Waals surface area (Å²) in [5, 5.41) is 5.04. The molecule has 1 saturated carbocycles. The third-order valence-electron chi connectivity index (χ3n) is 3.02. The van der Waals surface area contributed by atoms with Crippen LogP contribution in [0.3, 0.4) is 0 Å². The lowest BCUT2D eigenvalue weighted by atomic mass is 10.1. The third kappa shape index (κ3) is 3.85. The maximum atomic E-state index is 6.25. The molecule has 94 valence electrons. The molecule has 0 heterocycles. The van der Waals surface area contributed by atoms with Crippen LogP contribution in [0.2, 0.25) is 10.0 Å². The molecule has 0 atom stereocenters. The Morgan fingerprint density at radius 2 is 1.82 bits per heavy atom. The van der Waals surface area contributed by atoms with Crippen molar-refractivity contribution in [2.24, 2.45) is 5.73 Å². The summed E-state index contributed by atoms with van der Waals surface area (Å²) in [6.45, 7) is 1.49. The predicted molar refractivity (Wildman–Crippen MR) is 73.7 cm³/mol. The van der Waals surface area contributed by atoms with Crippen molar-refractivity contribution in [3.8, 4) is 0 Å². The molecule has 1 aromatic rings. The molecular formula is C13H18Cl2N2. The SMILES string of the molecule is NCCCc1cc(Cl)c(CNC2CC2)cc1Cl. The molecule has 0 spiro atoms. The summed E-state index contributed by atoms with van der Waals surface area (Å²) in [7, 11) is 0. The third-order valence-corrected chi connectivity index (χ3v) is 3.73. The van der Waals surface area contributed by atoms with Gasteiger partial charge < -0.3 is 11.1 Å². The van der Waals surface area contributed by atoms with Crippen LogP contribution >= 0.6 is 23.2 Å². The van der Waals surface area contributed by atoms with Gasteiger partial charge in [-0.25, -0.2) is 0 Å². The van der Waals surface area contributed by atoms with Gasteiger partial charge in [0.1, 0.15) is 0 Å². The molecule has 1 fully saturated rings. The highest BCUT2D eigenvalue weighted by Crippen LogP contribution is 2.27. The van der Waals surface area contributed by atoms with Gasteiger partial charge in [-0.05, 0) is 55.5 Å². The number of hydrogen-bond donors (Lipinski definition) is 2. The van der Waals surface area contributed by atoms with E-state index in [4.69, 9.17) is 28.9 Å². The second kappa shape index (κ2) is 6.05. The second-order valence-corrected chi connectivity index (χ2v) is 5.40. The van der Waals surface area contributed by atoms with Crippen LogP contribution in [0.15, 0.2) is 12.1 Å². The Morgan fingerprint density at radius 3 is 2.47 bits per heavy atom. The molecule has 3 N–H and O–H groups in total. The number of rotatable bonds is 6. The fourth-order valence-corrected chi connectivity index (χ4v) is 2.32. The summed E-state index contributed by atoms with van der Waals surface area (Å²) in [5.41, 5.74) is 7.67. The zero-order valence-corrected chi connectivity index (χ0v) is 11.3.